The Morgan fingerprint density at radius 1 is 1.64 bits per heavy atom. The van der Waals surface area contributed by atoms with Crippen molar-refractivity contribution in [3.8, 4) is 0 Å². The van der Waals surface area contributed by atoms with Crippen LogP contribution in [0.5, 0.6) is 0 Å². The smallest absolute Gasteiger partial charge is 0.246 e. The van der Waals surface area contributed by atoms with Gasteiger partial charge in [-0.3, -0.25) is 5.10 Å². The van der Waals surface area contributed by atoms with Crippen LogP contribution >= 0.6 is 0 Å². The van der Waals surface area contributed by atoms with E-state index in [0.29, 0.717) is 13.1 Å². The first-order valence-corrected chi connectivity index (χ1v) is 5.60. The molecule has 7 heteroatoms. The Balaban J connectivity index is 2.12. The number of hydrogen-bond acceptors (Lipinski definition) is 4. The highest BCUT2D eigenvalue weighted by Crippen LogP contribution is 2.21. The fourth-order valence-corrected chi connectivity index (χ4v) is 2.69. The molecule has 0 aliphatic carbocycles. The maximum absolute atomic E-state index is 11.7. The normalized spacial score (nSPS) is 19.5. The molecule has 1 aromatic rings. The molecule has 78 valence electrons. The Kier molecular flexibility index (Phi) is 2.30. The van der Waals surface area contributed by atoms with Crippen molar-refractivity contribution in [1.29, 1.82) is 0 Å². The van der Waals surface area contributed by atoms with Crippen LogP contribution in [-0.2, 0) is 14.8 Å². The lowest BCUT2D eigenvalue weighted by molar-refractivity contribution is 0.0125. The van der Waals surface area contributed by atoms with Crippen LogP contribution < -0.4 is 0 Å². The van der Waals surface area contributed by atoms with Crippen LogP contribution in [0.15, 0.2) is 17.3 Å². The molecule has 1 aliphatic rings. The molecule has 0 amide bonds. The molecule has 14 heavy (non-hydrogen) atoms. The zero-order valence-corrected chi connectivity index (χ0v) is 8.49. The van der Waals surface area contributed by atoms with Gasteiger partial charge in [-0.15, -0.1) is 0 Å². The highest BCUT2D eigenvalue weighted by atomic mass is 32.2. The van der Waals surface area contributed by atoms with E-state index in [9.17, 15) is 8.42 Å². The number of aromatic amines is 1. The number of nitrogens with zero attached hydrogens (tertiary/aromatic N) is 2. The number of sulfonamides is 1. The summed E-state index contributed by atoms with van der Waals surface area (Å²) in [6, 6.07) is 0. The first kappa shape index (κ1) is 9.63. The number of rotatable bonds is 3. The molecular weight excluding hydrogens is 206 g/mol. The van der Waals surface area contributed by atoms with Crippen molar-refractivity contribution in [2.45, 2.75) is 11.0 Å². The molecule has 1 aliphatic heterocycles. The van der Waals surface area contributed by atoms with Gasteiger partial charge in [0.25, 0.3) is 0 Å². The zero-order chi connectivity index (χ0) is 10.2. The zero-order valence-electron chi connectivity index (χ0n) is 7.67. The van der Waals surface area contributed by atoms with Gasteiger partial charge in [-0.1, -0.05) is 0 Å². The third-order valence-electron chi connectivity index (χ3n) is 2.26. The van der Waals surface area contributed by atoms with E-state index in [1.807, 2.05) is 0 Å². The van der Waals surface area contributed by atoms with Crippen LogP contribution in [0.25, 0.3) is 0 Å². The summed E-state index contributed by atoms with van der Waals surface area (Å²) in [5.41, 5.74) is 0. The highest BCUT2D eigenvalue weighted by Gasteiger charge is 2.37. The second-order valence-corrected chi connectivity index (χ2v) is 5.05. The highest BCUT2D eigenvalue weighted by molar-refractivity contribution is 7.89. The van der Waals surface area contributed by atoms with E-state index >= 15 is 0 Å². The quantitative estimate of drug-likeness (QED) is 0.735. The predicted octanol–water partition coefficient (Wildman–Crippen LogP) is -0.571. The molecule has 0 bridgehead atoms. The second kappa shape index (κ2) is 3.34. The molecule has 2 heterocycles. The summed E-state index contributed by atoms with van der Waals surface area (Å²) in [6.45, 7) is 0.841. The van der Waals surface area contributed by atoms with E-state index in [2.05, 4.69) is 10.2 Å². The lowest BCUT2D eigenvalue weighted by Crippen LogP contribution is -2.54. The van der Waals surface area contributed by atoms with E-state index in [-0.39, 0.29) is 11.0 Å². The number of aromatic nitrogens is 2. The van der Waals surface area contributed by atoms with Crippen molar-refractivity contribution < 1.29 is 13.2 Å². The van der Waals surface area contributed by atoms with E-state index in [1.165, 1.54) is 16.7 Å². The minimum absolute atomic E-state index is 0.0247. The second-order valence-electron chi connectivity index (χ2n) is 3.11. The number of methoxy groups -OCH3 is 1. The van der Waals surface area contributed by atoms with E-state index < -0.39 is 10.0 Å². The fourth-order valence-electron chi connectivity index (χ4n) is 1.28. The van der Waals surface area contributed by atoms with Crippen molar-refractivity contribution in [2.75, 3.05) is 20.2 Å². The molecule has 2 rings (SSSR count). The Hall–Kier alpha value is -0.920. The molecule has 1 N–H and O–H groups in total. The van der Waals surface area contributed by atoms with Crippen LogP contribution in [0.3, 0.4) is 0 Å². The van der Waals surface area contributed by atoms with Gasteiger partial charge >= 0.3 is 0 Å². The standard InChI is InChI=1S/C7H11N3O3S/c1-13-6-4-10(5-6)14(11,12)7-2-8-9-3-7/h2-3,6H,4-5H2,1H3,(H,8,9). The van der Waals surface area contributed by atoms with Gasteiger partial charge in [-0.25, -0.2) is 8.42 Å². The Bertz CT molecular complexity index is 394. The van der Waals surface area contributed by atoms with Gasteiger partial charge in [-0.05, 0) is 0 Å². The minimum atomic E-state index is -3.34. The third kappa shape index (κ3) is 1.43. The number of H-pyrrole nitrogens is 1. The van der Waals surface area contributed by atoms with Crippen LogP contribution in [0.1, 0.15) is 0 Å². The van der Waals surface area contributed by atoms with Crippen molar-refractivity contribution in [3.63, 3.8) is 0 Å². The molecular formula is C7H11N3O3S. The monoisotopic (exact) mass is 217 g/mol. The van der Waals surface area contributed by atoms with Gasteiger partial charge in [0.1, 0.15) is 4.90 Å². The first-order valence-electron chi connectivity index (χ1n) is 4.16. The van der Waals surface area contributed by atoms with Crippen molar-refractivity contribution >= 4 is 10.0 Å². The maximum atomic E-state index is 11.7. The summed E-state index contributed by atoms with van der Waals surface area (Å²) < 4.78 is 29.9. The van der Waals surface area contributed by atoms with Gasteiger partial charge in [0, 0.05) is 26.4 Å². The summed E-state index contributed by atoms with van der Waals surface area (Å²) in [6.07, 6.45) is 2.70. The molecule has 1 fully saturated rings. The van der Waals surface area contributed by atoms with Crippen LogP contribution in [-0.4, -0.2) is 49.2 Å². The van der Waals surface area contributed by atoms with Crippen LogP contribution in [0, 0.1) is 0 Å². The van der Waals surface area contributed by atoms with E-state index in [0.717, 1.165) is 0 Å². The minimum Gasteiger partial charge on any atom is -0.379 e. The third-order valence-corrected chi connectivity index (χ3v) is 4.06. The lowest BCUT2D eigenvalue weighted by Gasteiger charge is -2.36. The van der Waals surface area contributed by atoms with Gasteiger partial charge in [0.2, 0.25) is 10.0 Å². The predicted molar refractivity (Wildman–Crippen MR) is 48.1 cm³/mol. The molecule has 0 atom stereocenters. The van der Waals surface area contributed by atoms with Crippen molar-refractivity contribution in [2.24, 2.45) is 0 Å². The summed E-state index contributed by atoms with van der Waals surface area (Å²) >= 11 is 0. The van der Waals surface area contributed by atoms with Crippen molar-refractivity contribution in [3.05, 3.63) is 12.4 Å². The molecule has 6 nitrogen and oxygen atoms in total. The number of ether oxygens (including phenoxy) is 1. The molecule has 0 radical (unpaired) electrons. The Morgan fingerprint density at radius 3 is 2.86 bits per heavy atom. The molecule has 1 aromatic heterocycles. The van der Waals surface area contributed by atoms with Crippen molar-refractivity contribution in [1.82, 2.24) is 14.5 Å². The van der Waals surface area contributed by atoms with E-state index in [4.69, 9.17) is 4.74 Å². The van der Waals surface area contributed by atoms with Gasteiger partial charge < -0.3 is 4.74 Å². The van der Waals surface area contributed by atoms with E-state index in [1.54, 1.807) is 7.11 Å². The summed E-state index contributed by atoms with van der Waals surface area (Å²) in [4.78, 5) is 0.201. The number of hydrogen-bond donors (Lipinski definition) is 1. The average molecular weight is 217 g/mol. The SMILES string of the molecule is COC1CN(S(=O)(=O)c2cn[nH]c2)C1. The molecule has 0 aromatic carbocycles. The summed E-state index contributed by atoms with van der Waals surface area (Å²) in [7, 11) is -1.77. The topological polar surface area (TPSA) is 75.3 Å². The molecule has 1 saturated heterocycles. The van der Waals surface area contributed by atoms with Gasteiger partial charge in [0.05, 0.1) is 12.3 Å². The summed E-state index contributed by atoms with van der Waals surface area (Å²) in [5, 5.41) is 6.08. The first-order chi connectivity index (χ1) is 6.64. The van der Waals surface area contributed by atoms with Gasteiger partial charge in [-0.2, -0.15) is 9.40 Å². The summed E-state index contributed by atoms with van der Waals surface area (Å²) in [5.74, 6) is 0. The molecule has 0 saturated carbocycles. The largest absolute Gasteiger partial charge is 0.379 e. The average Bonchev–Trinajstić information content (AvgIpc) is 2.53. The number of nitrogens with one attached hydrogen (secondary N) is 1. The Morgan fingerprint density at radius 2 is 2.36 bits per heavy atom. The van der Waals surface area contributed by atoms with Gasteiger partial charge in [0.15, 0.2) is 0 Å². The Labute approximate surface area is 81.9 Å². The fraction of sp³-hybridized carbons (Fsp3) is 0.571. The molecule has 0 spiro atoms. The maximum Gasteiger partial charge on any atom is 0.246 e. The van der Waals surface area contributed by atoms with Crippen LogP contribution in [0.4, 0.5) is 0 Å². The molecule has 0 unspecified atom stereocenters. The lowest BCUT2D eigenvalue weighted by atomic mass is 10.2. The van der Waals surface area contributed by atoms with Crippen LogP contribution in [0.2, 0.25) is 0 Å².